The first-order valence-corrected chi connectivity index (χ1v) is 10.0. The van der Waals surface area contributed by atoms with Crippen LogP contribution in [0.25, 0.3) is 6.08 Å². The number of nitro groups is 1. The van der Waals surface area contributed by atoms with Crippen LogP contribution in [-0.4, -0.2) is 47.8 Å². The number of imide groups is 1. The molecule has 2 aromatic rings. The Morgan fingerprint density at radius 1 is 1.16 bits per heavy atom. The van der Waals surface area contributed by atoms with Gasteiger partial charge in [0.1, 0.15) is 0 Å². The smallest absolute Gasteiger partial charge is 0.343 e. The first kappa shape index (κ1) is 22.8. The molecule has 11 heteroatoms. The van der Waals surface area contributed by atoms with E-state index in [1.807, 2.05) is 0 Å². The highest BCUT2D eigenvalue weighted by Gasteiger charge is 2.35. The number of esters is 1. The molecule has 1 saturated heterocycles. The third-order valence-electron chi connectivity index (χ3n) is 4.44. The van der Waals surface area contributed by atoms with Crippen molar-refractivity contribution in [3.63, 3.8) is 0 Å². The standard InChI is InChI=1S/C21H18N2O8S/c1-29-16-5-3-4-14(19(16)31-12-18(24)30-2)10-17-20(25)22(21(26)32-17)11-13-6-8-15(9-7-13)23(27)28/h3-10H,11-12H2,1-2H3/b17-10+. The fraction of sp³-hybridized carbons (Fsp3) is 0.190. The van der Waals surface area contributed by atoms with E-state index in [9.17, 15) is 24.5 Å². The number of methoxy groups -OCH3 is 2. The number of hydrogen-bond acceptors (Lipinski definition) is 9. The van der Waals surface area contributed by atoms with Crippen molar-refractivity contribution in [2.75, 3.05) is 20.8 Å². The molecule has 1 fully saturated rings. The summed E-state index contributed by atoms with van der Waals surface area (Å²) >= 11 is 0.757. The van der Waals surface area contributed by atoms with Crippen molar-refractivity contribution in [2.45, 2.75) is 6.54 Å². The van der Waals surface area contributed by atoms with Gasteiger partial charge in [0.15, 0.2) is 18.1 Å². The summed E-state index contributed by atoms with van der Waals surface area (Å²) in [4.78, 5) is 48.2. The van der Waals surface area contributed by atoms with Crippen LogP contribution >= 0.6 is 11.8 Å². The quantitative estimate of drug-likeness (QED) is 0.253. The minimum atomic E-state index is -0.592. The maximum absolute atomic E-state index is 12.8. The molecule has 1 aliphatic rings. The van der Waals surface area contributed by atoms with Gasteiger partial charge in [0.25, 0.3) is 16.8 Å². The number of nitro benzene ring substituents is 1. The van der Waals surface area contributed by atoms with Crippen molar-refractivity contribution in [3.8, 4) is 11.5 Å². The molecule has 0 saturated carbocycles. The van der Waals surface area contributed by atoms with Gasteiger partial charge in [-0.1, -0.05) is 24.3 Å². The highest BCUT2D eigenvalue weighted by molar-refractivity contribution is 8.18. The second-order valence-electron chi connectivity index (χ2n) is 6.43. The number of rotatable bonds is 8. The highest BCUT2D eigenvalue weighted by Crippen LogP contribution is 2.38. The topological polar surface area (TPSA) is 125 Å². The molecule has 0 spiro atoms. The summed E-state index contributed by atoms with van der Waals surface area (Å²) in [5.41, 5.74) is 0.928. The lowest BCUT2D eigenvalue weighted by atomic mass is 10.1. The van der Waals surface area contributed by atoms with E-state index in [4.69, 9.17) is 9.47 Å². The summed E-state index contributed by atoms with van der Waals surface area (Å²) in [7, 11) is 2.66. The molecule has 0 atom stereocenters. The zero-order chi connectivity index (χ0) is 23.3. The molecule has 10 nitrogen and oxygen atoms in total. The Morgan fingerprint density at radius 2 is 1.88 bits per heavy atom. The third-order valence-corrected chi connectivity index (χ3v) is 5.35. The Labute approximate surface area is 186 Å². The number of thioether (sulfide) groups is 1. The molecule has 0 radical (unpaired) electrons. The fourth-order valence-corrected chi connectivity index (χ4v) is 3.66. The molecule has 166 valence electrons. The van der Waals surface area contributed by atoms with Crippen LogP contribution in [0.5, 0.6) is 11.5 Å². The number of ether oxygens (including phenoxy) is 3. The van der Waals surface area contributed by atoms with Crippen LogP contribution in [0.4, 0.5) is 10.5 Å². The van der Waals surface area contributed by atoms with Crippen molar-refractivity contribution in [1.29, 1.82) is 0 Å². The molecule has 0 aliphatic carbocycles. The van der Waals surface area contributed by atoms with Crippen LogP contribution in [0, 0.1) is 10.1 Å². The van der Waals surface area contributed by atoms with Crippen LogP contribution in [0.15, 0.2) is 47.4 Å². The van der Waals surface area contributed by atoms with Gasteiger partial charge in [-0.2, -0.15) is 0 Å². The van der Waals surface area contributed by atoms with Gasteiger partial charge in [0, 0.05) is 17.7 Å². The Hall–Kier alpha value is -3.86. The van der Waals surface area contributed by atoms with Gasteiger partial charge in [-0.15, -0.1) is 0 Å². The molecule has 0 aromatic heterocycles. The second-order valence-corrected chi connectivity index (χ2v) is 7.43. The normalized spacial score (nSPS) is 14.6. The van der Waals surface area contributed by atoms with Crippen molar-refractivity contribution in [1.82, 2.24) is 4.90 Å². The summed E-state index contributed by atoms with van der Waals surface area (Å²) in [6.07, 6.45) is 1.48. The minimum Gasteiger partial charge on any atom is -0.493 e. The molecule has 2 amide bonds. The van der Waals surface area contributed by atoms with Gasteiger partial charge in [0.2, 0.25) is 0 Å². The van der Waals surface area contributed by atoms with Gasteiger partial charge in [-0.25, -0.2) is 4.79 Å². The van der Waals surface area contributed by atoms with E-state index in [0.29, 0.717) is 16.9 Å². The summed E-state index contributed by atoms with van der Waals surface area (Å²) in [5.74, 6) is -0.541. The SMILES string of the molecule is COC(=O)COc1c(/C=C2/SC(=O)N(Cc3ccc([N+](=O)[O-])cc3)C2=O)cccc1OC. The molecule has 1 heterocycles. The number of benzene rings is 2. The third kappa shape index (κ3) is 5.06. The molecule has 0 bridgehead atoms. The Kier molecular flexibility index (Phi) is 7.11. The zero-order valence-corrected chi connectivity index (χ0v) is 17.9. The number of nitrogens with zero attached hydrogens (tertiary/aromatic N) is 2. The predicted octanol–water partition coefficient (Wildman–Crippen LogP) is 3.39. The first-order valence-electron chi connectivity index (χ1n) is 9.19. The van der Waals surface area contributed by atoms with Crippen LogP contribution in [-0.2, 0) is 20.9 Å². The Morgan fingerprint density at radius 3 is 2.50 bits per heavy atom. The largest absolute Gasteiger partial charge is 0.493 e. The molecular formula is C21H18N2O8S. The Balaban J connectivity index is 1.83. The number of para-hydroxylation sites is 1. The lowest BCUT2D eigenvalue weighted by Crippen LogP contribution is -2.27. The van der Waals surface area contributed by atoms with E-state index < -0.39 is 22.0 Å². The van der Waals surface area contributed by atoms with Crippen LogP contribution in [0.1, 0.15) is 11.1 Å². The van der Waals surface area contributed by atoms with Gasteiger partial charge in [-0.05, 0) is 29.5 Å². The lowest BCUT2D eigenvalue weighted by Gasteiger charge is -2.13. The number of carbonyl (C=O) groups excluding carboxylic acids is 3. The summed E-state index contributed by atoms with van der Waals surface area (Å²) in [6.45, 7) is -0.386. The minimum absolute atomic E-state index is 0.0240. The fourth-order valence-electron chi connectivity index (χ4n) is 2.83. The molecule has 2 aromatic carbocycles. The monoisotopic (exact) mass is 458 g/mol. The van der Waals surface area contributed by atoms with Gasteiger partial charge < -0.3 is 14.2 Å². The molecule has 0 unspecified atom stereocenters. The molecule has 1 aliphatic heterocycles. The second kappa shape index (κ2) is 9.96. The average molecular weight is 458 g/mol. The van der Waals surface area contributed by atoms with E-state index >= 15 is 0 Å². The van der Waals surface area contributed by atoms with Gasteiger partial charge >= 0.3 is 5.97 Å². The summed E-state index contributed by atoms with van der Waals surface area (Å²) in [5, 5.41) is 10.3. The number of hydrogen-bond donors (Lipinski definition) is 0. The van der Waals surface area contributed by atoms with Gasteiger partial charge in [-0.3, -0.25) is 24.6 Å². The van der Waals surface area contributed by atoms with Crippen molar-refractivity contribution < 1.29 is 33.5 Å². The maximum atomic E-state index is 12.8. The number of non-ortho nitro benzene ring substituents is 1. The number of carbonyl (C=O) groups is 3. The average Bonchev–Trinajstić information content (AvgIpc) is 3.05. The van der Waals surface area contributed by atoms with E-state index in [2.05, 4.69) is 4.74 Å². The maximum Gasteiger partial charge on any atom is 0.343 e. The number of amides is 2. The molecule has 0 N–H and O–H groups in total. The summed E-state index contributed by atoms with van der Waals surface area (Å²) < 4.78 is 15.4. The van der Waals surface area contributed by atoms with Crippen LogP contribution in [0.3, 0.4) is 0 Å². The van der Waals surface area contributed by atoms with Crippen molar-refractivity contribution in [3.05, 3.63) is 68.6 Å². The van der Waals surface area contributed by atoms with Crippen LogP contribution < -0.4 is 9.47 Å². The van der Waals surface area contributed by atoms with Crippen molar-refractivity contribution in [2.24, 2.45) is 0 Å². The zero-order valence-electron chi connectivity index (χ0n) is 17.1. The van der Waals surface area contributed by atoms with Gasteiger partial charge in [0.05, 0.1) is 30.6 Å². The lowest BCUT2D eigenvalue weighted by molar-refractivity contribution is -0.384. The molecule has 32 heavy (non-hydrogen) atoms. The van der Waals surface area contributed by atoms with E-state index in [1.165, 1.54) is 44.6 Å². The van der Waals surface area contributed by atoms with Crippen LogP contribution in [0.2, 0.25) is 0 Å². The molecule has 3 rings (SSSR count). The van der Waals surface area contributed by atoms with Crippen molar-refractivity contribution >= 4 is 40.6 Å². The predicted molar refractivity (Wildman–Crippen MR) is 115 cm³/mol. The Bertz CT molecular complexity index is 1100. The molecular weight excluding hydrogens is 440 g/mol. The van der Waals surface area contributed by atoms with E-state index in [-0.39, 0.29) is 29.5 Å². The van der Waals surface area contributed by atoms with E-state index in [0.717, 1.165) is 16.7 Å². The highest BCUT2D eigenvalue weighted by atomic mass is 32.2. The first-order chi connectivity index (χ1) is 15.3. The summed E-state index contributed by atoms with van der Waals surface area (Å²) in [6, 6.07) is 10.6. The van der Waals surface area contributed by atoms with E-state index in [1.54, 1.807) is 18.2 Å².